The van der Waals surface area contributed by atoms with Crippen LogP contribution in [0.1, 0.15) is 65.4 Å². The average Bonchev–Trinajstić information content (AvgIpc) is 2.40. The van der Waals surface area contributed by atoms with E-state index < -0.39 is 0 Å². The number of nitrogens with two attached hydrogens (primary N) is 1. The number of rotatable bonds is 3. The molecular weight excluding hydrogens is 258 g/mol. The summed E-state index contributed by atoms with van der Waals surface area (Å²) < 4.78 is 6.26. The summed E-state index contributed by atoms with van der Waals surface area (Å²) in [5.41, 5.74) is 7.96. The van der Waals surface area contributed by atoms with Crippen LogP contribution in [0.4, 0.5) is 0 Å². The molecule has 0 heterocycles. The second-order valence-corrected chi connectivity index (χ2v) is 7.92. The molecule has 2 nitrogen and oxygen atoms in total. The normalized spacial score (nSPS) is 26.9. The molecule has 3 unspecified atom stereocenters. The third-order valence-corrected chi connectivity index (χ3v) is 4.88. The van der Waals surface area contributed by atoms with Crippen LogP contribution in [-0.2, 0) is 0 Å². The van der Waals surface area contributed by atoms with Crippen molar-refractivity contribution in [3.05, 3.63) is 29.8 Å². The van der Waals surface area contributed by atoms with Crippen molar-refractivity contribution >= 4 is 0 Å². The van der Waals surface area contributed by atoms with E-state index in [-0.39, 0.29) is 12.1 Å². The number of ether oxygens (including phenoxy) is 1. The monoisotopic (exact) mass is 289 g/mol. The van der Waals surface area contributed by atoms with Crippen LogP contribution in [-0.4, -0.2) is 12.1 Å². The van der Waals surface area contributed by atoms with Gasteiger partial charge in [-0.2, -0.15) is 0 Å². The van der Waals surface area contributed by atoms with E-state index in [1.54, 1.807) is 0 Å². The molecule has 0 radical (unpaired) electrons. The minimum atomic E-state index is 0.144. The molecule has 0 amide bonds. The van der Waals surface area contributed by atoms with Gasteiger partial charge < -0.3 is 10.5 Å². The minimum absolute atomic E-state index is 0.144. The van der Waals surface area contributed by atoms with Crippen molar-refractivity contribution in [2.75, 3.05) is 0 Å². The van der Waals surface area contributed by atoms with Crippen LogP contribution in [0.15, 0.2) is 24.3 Å². The second kappa shape index (κ2) is 6.39. The van der Waals surface area contributed by atoms with Gasteiger partial charge in [0.2, 0.25) is 0 Å². The van der Waals surface area contributed by atoms with E-state index in [9.17, 15) is 0 Å². The lowest BCUT2D eigenvalue weighted by atomic mass is 9.70. The quantitative estimate of drug-likeness (QED) is 0.873. The van der Waals surface area contributed by atoms with Crippen LogP contribution in [0.5, 0.6) is 5.75 Å². The Hall–Kier alpha value is -1.02. The Bertz CT molecular complexity index is 461. The topological polar surface area (TPSA) is 35.2 Å². The lowest BCUT2D eigenvalue weighted by Crippen LogP contribution is -2.46. The van der Waals surface area contributed by atoms with Gasteiger partial charge in [-0.25, -0.2) is 0 Å². The molecule has 0 saturated heterocycles. The highest BCUT2D eigenvalue weighted by molar-refractivity contribution is 5.30. The standard InChI is InChI=1S/C19H31NO/c1-13(2)14-7-6-8-16(11-14)21-18-12-15(19(3,4)5)9-10-17(18)20/h6-8,11,13,15,17-18H,9-10,12,20H2,1-5H3. The van der Waals surface area contributed by atoms with Gasteiger partial charge in [0, 0.05) is 6.04 Å². The Morgan fingerprint density at radius 1 is 1.19 bits per heavy atom. The lowest BCUT2D eigenvalue weighted by Gasteiger charge is -2.40. The summed E-state index contributed by atoms with van der Waals surface area (Å²) in [6.45, 7) is 11.4. The Balaban J connectivity index is 2.08. The Kier molecular flexibility index (Phi) is 4.98. The predicted octanol–water partition coefficient (Wildman–Crippen LogP) is 4.73. The Morgan fingerprint density at radius 3 is 2.52 bits per heavy atom. The molecule has 0 aromatic heterocycles. The summed E-state index contributed by atoms with van der Waals surface area (Å²) in [6, 6.07) is 8.62. The van der Waals surface area contributed by atoms with Crippen molar-refractivity contribution in [1.29, 1.82) is 0 Å². The van der Waals surface area contributed by atoms with Gasteiger partial charge in [-0.15, -0.1) is 0 Å². The molecule has 2 rings (SSSR count). The van der Waals surface area contributed by atoms with Crippen LogP contribution >= 0.6 is 0 Å². The maximum Gasteiger partial charge on any atom is 0.120 e. The molecule has 0 bridgehead atoms. The number of hydrogen-bond donors (Lipinski definition) is 1. The third kappa shape index (κ3) is 4.23. The Labute approximate surface area is 130 Å². The van der Waals surface area contributed by atoms with Gasteiger partial charge in [0.15, 0.2) is 0 Å². The summed E-state index contributed by atoms with van der Waals surface area (Å²) in [6.07, 6.45) is 3.49. The minimum Gasteiger partial charge on any atom is -0.489 e. The first-order chi connectivity index (χ1) is 9.77. The zero-order chi connectivity index (χ0) is 15.6. The van der Waals surface area contributed by atoms with Gasteiger partial charge in [0.1, 0.15) is 11.9 Å². The van der Waals surface area contributed by atoms with E-state index in [2.05, 4.69) is 58.9 Å². The largest absolute Gasteiger partial charge is 0.489 e. The van der Waals surface area contributed by atoms with Crippen LogP contribution < -0.4 is 10.5 Å². The van der Waals surface area contributed by atoms with Crippen molar-refractivity contribution in [2.45, 2.75) is 71.9 Å². The van der Waals surface area contributed by atoms with E-state index >= 15 is 0 Å². The maximum absolute atomic E-state index is 6.31. The van der Waals surface area contributed by atoms with Crippen molar-refractivity contribution in [2.24, 2.45) is 17.1 Å². The maximum atomic E-state index is 6.31. The summed E-state index contributed by atoms with van der Waals surface area (Å²) in [5, 5.41) is 0. The van der Waals surface area contributed by atoms with Crippen molar-refractivity contribution in [1.82, 2.24) is 0 Å². The molecule has 118 valence electrons. The molecule has 21 heavy (non-hydrogen) atoms. The van der Waals surface area contributed by atoms with Crippen LogP contribution in [0.3, 0.4) is 0 Å². The van der Waals surface area contributed by atoms with E-state index in [1.807, 2.05) is 0 Å². The first kappa shape index (κ1) is 16.4. The fourth-order valence-corrected chi connectivity index (χ4v) is 3.20. The van der Waals surface area contributed by atoms with Gasteiger partial charge >= 0.3 is 0 Å². The zero-order valence-electron chi connectivity index (χ0n) is 14.2. The highest BCUT2D eigenvalue weighted by Gasteiger charge is 2.35. The molecule has 0 spiro atoms. The van der Waals surface area contributed by atoms with Gasteiger partial charge in [-0.05, 0) is 54.2 Å². The molecule has 1 aliphatic rings. The summed E-state index contributed by atoms with van der Waals surface area (Å²) in [5.74, 6) is 2.18. The molecule has 1 fully saturated rings. The summed E-state index contributed by atoms with van der Waals surface area (Å²) in [4.78, 5) is 0. The van der Waals surface area contributed by atoms with Gasteiger partial charge in [0.25, 0.3) is 0 Å². The van der Waals surface area contributed by atoms with Crippen LogP contribution in [0, 0.1) is 11.3 Å². The SMILES string of the molecule is CC(C)c1cccc(OC2CC(C(C)(C)C)CCC2N)c1. The van der Waals surface area contributed by atoms with Crippen LogP contribution in [0.25, 0.3) is 0 Å². The highest BCUT2D eigenvalue weighted by atomic mass is 16.5. The van der Waals surface area contributed by atoms with Crippen molar-refractivity contribution in [3.63, 3.8) is 0 Å². The first-order valence-electron chi connectivity index (χ1n) is 8.29. The summed E-state index contributed by atoms with van der Waals surface area (Å²) >= 11 is 0. The smallest absolute Gasteiger partial charge is 0.120 e. The van der Waals surface area contributed by atoms with Crippen molar-refractivity contribution in [3.8, 4) is 5.75 Å². The molecule has 3 atom stereocenters. The van der Waals surface area contributed by atoms with Gasteiger partial charge in [-0.3, -0.25) is 0 Å². The van der Waals surface area contributed by atoms with Crippen molar-refractivity contribution < 1.29 is 4.74 Å². The molecule has 1 aromatic rings. The van der Waals surface area contributed by atoms with E-state index in [4.69, 9.17) is 10.5 Å². The molecule has 1 aromatic carbocycles. The van der Waals surface area contributed by atoms with Crippen LogP contribution in [0.2, 0.25) is 0 Å². The second-order valence-electron chi connectivity index (χ2n) is 7.92. The van der Waals surface area contributed by atoms with E-state index in [0.717, 1.165) is 18.6 Å². The first-order valence-corrected chi connectivity index (χ1v) is 8.29. The molecular formula is C19H31NO. The third-order valence-electron chi connectivity index (χ3n) is 4.88. The Morgan fingerprint density at radius 2 is 1.90 bits per heavy atom. The van der Waals surface area contributed by atoms with E-state index in [1.165, 1.54) is 12.0 Å². The molecule has 1 aliphatic carbocycles. The highest BCUT2D eigenvalue weighted by Crippen LogP contribution is 2.38. The average molecular weight is 289 g/mol. The predicted molar refractivity (Wildman–Crippen MR) is 89.7 cm³/mol. The molecule has 2 N–H and O–H groups in total. The number of benzene rings is 1. The number of hydrogen-bond acceptors (Lipinski definition) is 2. The summed E-state index contributed by atoms with van der Waals surface area (Å²) in [7, 11) is 0. The van der Waals surface area contributed by atoms with Gasteiger partial charge in [-0.1, -0.05) is 46.8 Å². The fourth-order valence-electron chi connectivity index (χ4n) is 3.20. The lowest BCUT2D eigenvalue weighted by molar-refractivity contribution is 0.0591. The zero-order valence-corrected chi connectivity index (χ0v) is 14.2. The van der Waals surface area contributed by atoms with Gasteiger partial charge in [0.05, 0.1) is 0 Å². The molecule has 0 aliphatic heterocycles. The van der Waals surface area contributed by atoms with E-state index in [0.29, 0.717) is 17.3 Å². The fraction of sp³-hybridized carbons (Fsp3) is 0.684. The molecule has 1 saturated carbocycles. The molecule has 2 heteroatoms.